The van der Waals surface area contributed by atoms with Gasteiger partial charge in [0.25, 0.3) is 0 Å². The van der Waals surface area contributed by atoms with E-state index in [2.05, 4.69) is 4.98 Å². The van der Waals surface area contributed by atoms with Crippen LogP contribution in [0, 0.1) is 5.82 Å². The molecule has 0 amide bonds. The number of hydrogen-bond donors (Lipinski definition) is 2. The number of aryl methyl sites for hydroxylation is 1. The Bertz CT molecular complexity index is 534. The van der Waals surface area contributed by atoms with Crippen molar-refractivity contribution in [2.75, 3.05) is 0 Å². The molecule has 0 aliphatic rings. The van der Waals surface area contributed by atoms with Gasteiger partial charge in [0.15, 0.2) is 0 Å². The monoisotopic (exact) mass is 233 g/mol. The number of rotatable bonds is 4. The highest BCUT2D eigenvalue weighted by molar-refractivity contribution is 5.67. The van der Waals surface area contributed by atoms with Crippen LogP contribution in [0.5, 0.6) is 0 Å². The summed E-state index contributed by atoms with van der Waals surface area (Å²) in [5.41, 5.74) is 1.96. The number of halogens is 1. The summed E-state index contributed by atoms with van der Waals surface area (Å²) in [5, 5.41) is 8.57. The topological polar surface area (TPSA) is 53.1 Å². The Hall–Kier alpha value is -2.10. The van der Waals surface area contributed by atoms with Gasteiger partial charge in [0, 0.05) is 17.0 Å². The number of carbonyl (C=O) groups is 1. The van der Waals surface area contributed by atoms with Crippen molar-refractivity contribution in [2.45, 2.75) is 12.8 Å². The fourth-order valence-corrected chi connectivity index (χ4v) is 1.66. The predicted octanol–water partition coefficient (Wildman–Crippen LogP) is 2.84. The summed E-state index contributed by atoms with van der Waals surface area (Å²) in [5.74, 6) is -1.13. The predicted molar refractivity (Wildman–Crippen MR) is 62.1 cm³/mol. The first-order valence-electron chi connectivity index (χ1n) is 5.31. The van der Waals surface area contributed by atoms with Crippen LogP contribution >= 0.6 is 0 Å². The Balaban J connectivity index is 2.18. The molecule has 0 radical (unpaired) electrons. The quantitative estimate of drug-likeness (QED) is 0.853. The molecular weight excluding hydrogens is 221 g/mol. The molecule has 0 spiro atoms. The number of benzene rings is 1. The average molecular weight is 233 g/mol. The van der Waals surface area contributed by atoms with Crippen LogP contribution in [0.3, 0.4) is 0 Å². The third-order valence-corrected chi connectivity index (χ3v) is 2.52. The van der Waals surface area contributed by atoms with Crippen LogP contribution in [0.1, 0.15) is 12.1 Å². The molecule has 0 aliphatic carbocycles. The summed E-state index contributed by atoms with van der Waals surface area (Å²) in [6.07, 6.45) is 0.487. The molecule has 88 valence electrons. The van der Waals surface area contributed by atoms with Crippen LogP contribution in [0.25, 0.3) is 11.3 Å². The van der Waals surface area contributed by atoms with E-state index in [0.29, 0.717) is 17.7 Å². The van der Waals surface area contributed by atoms with E-state index >= 15 is 0 Å². The third-order valence-electron chi connectivity index (χ3n) is 2.52. The summed E-state index contributed by atoms with van der Waals surface area (Å²) in [7, 11) is 0. The van der Waals surface area contributed by atoms with Crippen LogP contribution in [-0.2, 0) is 11.2 Å². The van der Waals surface area contributed by atoms with Gasteiger partial charge < -0.3 is 10.1 Å². The zero-order valence-electron chi connectivity index (χ0n) is 9.11. The fraction of sp³-hybridized carbons (Fsp3) is 0.154. The maximum absolute atomic E-state index is 13.5. The Kier molecular flexibility index (Phi) is 3.23. The number of aliphatic carboxylic acids is 1. The maximum Gasteiger partial charge on any atom is 0.303 e. The first-order valence-corrected chi connectivity index (χ1v) is 5.31. The summed E-state index contributed by atoms with van der Waals surface area (Å²) >= 11 is 0. The van der Waals surface area contributed by atoms with E-state index in [1.807, 2.05) is 0 Å². The number of nitrogens with one attached hydrogen (secondary N) is 1. The van der Waals surface area contributed by atoms with Crippen LogP contribution < -0.4 is 0 Å². The minimum atomic E-state index is -0.841. The van der Waals surface area contributed by atoms with E-state index in [0.717, 1.165) is 5.69 Å². The zero-order valence-corrected chi connectivity index (χ0v) is 9.11. The van der Waals surface area contributed by atoms with E-state index in [1.54, 1.807) is 30.3 Å². The van der Waals surface area contributed by atoms with Crippen molar-refractivity contribution in [1.29, 1.82) is 0 Å². The van der Waals surface area contributed by atoms with Gasteiger partial charge in [-0.2, -0.15) is 0 Å². The lowest BCUT2D eigenvalue weighted by atomic mass is 10.1. The van der Waals surface area contributed by atoms with Crippen LogP contribution in [0.4, 0.5) is 4.39 Å². The van der Waals surface area contributed by atoms with Gasteiger partial charge in [-0.05, 0) is 30.7 Å². The first-order chi connectivity index (χ1) is 8.16. The highest BCUT2D eigenvalue weighted by Gasteiger charge is 2.07. The Labute approximate surface area is 97.9 Å². The molecule has 0 bridgehead atoms. The van der Waals surface area contributed by atoms with Crippen LogP contribution in [0.2, 0.25) is 0 Å². The number of aromatic amines is 1. The van der Waals surface area contributed by atoms with E-state index in [1.165, 1.54) is 6.07 Å². The molecule has 1 aromatic carbocycles. The molecule has 0 saturated heterocycles. The van der Waals surface area contributed by atoms with Crippen molar-refractivity contribution >= 4 is 5.97 Å². The van der Waals surface area contributed by atoms with Crippen LogP contribution in [-0.4, -0.2) is 16.1 Å². The summed E-state index contributed by atoms with van der Waals surface area (Å²) in [6.45, 7) is 0. The van der Waals surface area contributed by atoms with Crippen molar-refractivity contribution < 1.29 is 14.3 Å². The maximum atomic E-state index is 13.5. The minimum absolute atomic E-state index is 0.0667. The molecule has 0 saturated carbocycles. The first kappa shape index (κ1) is 11.4. The lowest BCUT2D eigenvalue weighted by molar-refractivity contribution is -0.136. The van der Waals surface area contributed by atoms with Crippen LogP contribution in [0.15, 0.2) is 36.4 Å². The second-order valence-corrected chi connectivity index (χ2v) is 3.77. The molecule has 2 rings (SSSR count). The molecule has 0 atom stereocenters. The van der Waals surface area contributed by atoms with Gasteiger partial charge in [0.2, 0.25) is 0 Å². The average Bonchev–Trinajstić information content (AvgIpc) is 2.75. The number of hydrogen-bond acceptors (Lipinski definition) is 1. The molecule has 17 heavy (non-hydrogen) atoms. The van der Waals surface area contributed by atoms with Gasteiger partial charge in [-0.15, -0.1) is 0 Å². The highest BCUT2D eigenvalue weighted by Crippen LogP contribution is 2.21. The highest BCUT2D eigenvalue weighted by atomic mass is 19.1. The molecule has 2 N–H and O–H groups in total. The smallest absolute Gasteiger partial charge is 0.303 e. The second kappa shape index (κ2) is 4.82. The SMILES string of the molecule is O=C(O)CCc1ccc(-c2ccccc2F)[nH]1. The molecule has 2 aromatic rings. The molecule has 1 aromatic heterocycles. The van der Waals surface area contributed by atoms with Crippen molar-refractivity contribution in [3.05, 3.63) is 47.9 Å². The number of aromatic nitrogens is 1. The van der Waals surface area contributed by atoms with Gasteiger partial charge in [-0.3, -0.25) is 4.79 Å². The molecule has 3 nitrogen and oxygen atoms in total. The number of H-pyrrole nitrogens is 1. The normalized spacial score (nSPS) is 10.4. The molecular formula is C13H12FNO2. The Morgan fingerprint density at radius 1 is 1.24 bits per heavy atom. The van der Waals surface area contributed by atoms with Gasteiger partial charge in [-0.1, -0.05) is 12.1 Å². The molecule has 1 heterocycles. The van der Waals surface area contributed by atoms with E-state index < -0.39 is 5.97 Å². The number of carboxylic acids is 1. The fourth-order valence-electron chi connectivity index (χ4n) is 1.66. The largest absolute Gasteiger partial charge is 0.481 e. The molecule has 0 aliphatic heterocycles. The summed E-state index contributed by atoms with van der Waals surface area (Å²) in [4.78, 5) is 13.5. The second-order valence-electron chi connectivity index (χ2n) is 3.77. The van der Waals surface area contributed by atoms with Gasteiger partial charge in [0.05, 0.1) is 6.42 Å². The molecule has 0 unspecified atom stereocenters. The minimum Gasteiger partial charge on any atom is -0.481 e. The van der Waals surface area contributed by atoms with Gasteiger partial charge in [0.1, 0.15) is 5.82 Å². The lowest BCUT2D eigenvalue weighted by Crippen LogP contribution is -1.97. The molecule has 0 fully saturated rings. The Morgan fingerprint density at radius 3 is 2.71 bits per heavy atom. The standard InChI is InChI=1S/C13H12FNO2/c14-11-4-2-1-3-10(11)12-7-5-9(15-12)6-8-13(16)17/h1-5,7,15H,6,8H2,(H,16,17). The van der Waals surface area contributed by atoms with E-state index in [9.17, 15) is 9.18 Å². The Morgan fingerprint density at radius 2 is 2.00 bits per heavy atom. The van der Waals surface area contributed by atoms with E-state index in [4.69, 9.17) is 5.11 Å². The van der Waals surface area contributed by atoms with Crippen molar-refractivity contribution in [3.8, 4) is 11.3 Å². The van der Waals surface area contributed by atoms with Crippen molar-refractivity contribution in [1.82, 2.24) is 4.98 Å². The van der Waals surface area contributed by atoms with Gasteiger partial charge >= 0.3 is 5.97 Å². The summed E-state index contributed by atoms with van der Waals surface area (Å²) < 4.78 is 13.5. The van der Waals surface area contributed by atoms with Gasteiger partial charge in [-0.25, -0.2) is 4.39 Å². The van der Waals surface area contributed by atoms with Crippen molar-refractivity contribution in [3.63, 3.8) is 0 Å². The lowest BCUT2D eigenvalue weighted by Gasteiger charge is -2.00. The zero-order chi connectivity index (χ0) is 12.3. The molecule has 4 heteroatoms. The number of carboxylic acid groups (broad SMARTS) is 1. The van der Waals surface area contributed by atoms with E-state index in [-0.39, 0.29) is 12.2 Å². The third kappa shape index (κ3) is 2.72. The van der Waals surface area contributed by atoms with Crippen molar-refractivity contribution in [2.24, 2.45) is 0 Å². The summed E-state index contributed by atoms with van der Waals surface area (Å²) in [6, 6.07) is 10.0.